The van der Waals surface area contributed by atoms with E-state index in [1.807, 2.05) is 6.07 Å². The maximum absolute atomic E-state index is 14.1. The number of thiazole rings is 1. The Morgan fingerprint density at radius 3 is 2.29 bits per heavy atom. The summed E-state index contributed by atoms with van der Waals surface area (Å²) in [6.45, 7) is 0.729. The van der Waals surface area contributed by atoms with Crippen LogP contribution in [-0.4, -0.2) is 59.7 Å². The summed E-state index contributed by atoms with van der Waals surface area (Å²) in [5.41, 5.74) is -5.49. The molecule has 2 heterocycles. The first kappa shape index (κ1) is 29.3. The van der Waals surface area contributed by atoms with Crippen molar-refractivity contribution in [1.82, 2.24) is 15.2 Å². The van der Waals surface area contributed by atoms with E-state index in [2.05, 4.69) is 10.3 Å². The van der Waals surface area contributed by atoms with Gasteiger partial charge in [0.2, 0.25) is 11.8 Å². The lowest BCUT2D eigenvalue weighted by atomic mass is 10.0. The quantitative estimate of drug-likeness (QED) is 0.479. The van der Waals surface area contributed by atoms with Crippen LogP contribution in [-0.2, 0) is 25.6 Å². The maximum atomic E-state index is 14.1. The fourth-order valence-electron chi connectivity index (χ4n) is 5.05. The Bertz CT molecular complexity index is 1570. The summed E-state index contributed by atoms with van der Waals surface area (Å²) in [4.78, 5) is 30.0. The monoisotopic (exact) mass is 620 g/mol. The number of hydrogen-bond acceptors (Lipinski definition) is 7. The molecule has 2 atom stereocenters. The molecule has 41 heavy (non-hydrogen) atoms. The number of carbonyl (C=O) groups is 2. The van der Waals surface area contributed by atoms with E-state index in [1.165, 1.54) is 12.3 Å². The van der Waals surface area contributed by atoms with E-state index in [4.69, 9.17) is 0 Å². The minimum Gasteiger partial charge on any atom is -0.336 e. The molecule has 0 radical (unpaired) electrons. The summed E-state index contributed by atoms with van der Waals surface area (Å²) in [5.74, 6) is -2.53. The molecular formula is C25H22F6N4O4S2. The van der Waals surface area contributed by atoms with Crippen LogP contribution in [0.3, 0.4) is 0 Å². The van der Waals surface area contributed by atoms with Crippen LogP contribution >= 0.6 is 11.3 Å². The Kier molecular flexibility index (Phi) is 6.73. The van der Waals surface area contributed by atoms with Gasteiger partial charge in [0.1, 0.15) is 17.0 Å². The first-order chi connectivity index (χ1) is 18.9. The number of nitriles is 1. The predicted molar refractivity (Wildman–Crippen MR) is 132 cm³/mol. The molecule has 1 aromatic heterocycles. The van der Waals surface area contributed by atoms with E-state index in [0.717, 1.165) is 17.4 Å². The van der Waals surface area contributed by atoms with Crippen molar-refractivity contribution in [2.24, 2.45) is 5.41 Å². The molecule has 0 spiro atoms. The van der Waals surface area contributed by atoms with Crippen LogP contribution in [0, 0.1) is 23.7 Å². The molecule has 8 nitrogen and oxygen atoms in total. The number of halogens is 6. The van der Waals surface area contributed by atoms with E-state index in [0.29, 0.717) is 20.9 Å². The third-order valence-corrected chi connectivity index (χ3v) is 10.9. The third-order valence-electron chi connectivity index (χ3n) is 7.79. The number of likely N-dealkylation sites (tertiary alicyclic amines) is 1. The standard InChI is InChI=1S/C25H22F6N4O4S2/c1-13-33-10-18(40-13)14-2-3-19(16(8-14)24(26,27)28)41(38,39)15-9-17(20(36)34-22(12-32)4-5-22)35(11-15)21(37)23(6-7-23)25(29,30)31/h2-3,8,10,15,17H,4-7,9,11H2,1H3,(H,34,36)/t15-,17+/m1/s1. The van der Waals surface area contributed by atoms with Crippen LogP contribution < -0.4 is 5.32 Å². The zero-order valence-corrected chi connectivity index (χ0v) is 22.9. The molecule has 2 aliphatic carbocycles. The molecular weight excluding hydrogens is 598 g/mol. The lowest BCUT2D eigenvalue weighted by Crippen LogP contribution is -2.53. The number of aromatic nitrogens is 1. The lowest BCUT2D eigenvalue weighted by molar-refractivity contribution is -0.199. The van der Waals surface area contributed by atoms with Gasteiger partial charge in [-0.3, -0.25) is 9.59 Å². The number of rotatable bonds is 6. The largest absolute Gasteiger partial charge is 0.417 e. The second kappa shape index (κ2) is 9.41. The van der Waals surface area contributed by atoms with Crippen molar-refractivity contribution >= 4 is 33.0 Å². The van der Waals surface area contributed by atoms with E-state index < -0.39 is 92.5 Å². The van der Waals surface area contributed by atoms with Crippen LogP contribution in [0.5, 0.6) is 0 Å². The molecule has 1 aliphatic heterocycles. The lowest BCUT2D eigenvalue weighted by Gasteiger charge is -2.29. The molecule has 0 bridgehead atoms. The van der Waals surface area contributed by atoms with Gasteiger partial charge >= 0.3 is 12.4 Å². The molecule has 1 saturated heterocycles. The van der Waals surface area contributed by atoms with Gasteiger partial charge in [0.25, 0.3) is 0 Å². The zero-order valence-electron chi connectivity index (χ0n) is 21.3. The van der Waals surface area contributed by atoms with Crippen molar-refractivity contribution in [2.75, 3.05) is 6.54 Å². The van der Waals surface area contributed by atoms with Gasteiger partial charge in [-0.05, 0) is 56.7 Å². The number of hydrogen-bond donors (Lipinski definition) is 1. The molecule has 2 amide bonds. The minimum absolute atomic E-state index is 0.0643. The normalized spacial score (nSPS) is 23.1. The summed E-state index contributed by atoms with van der Waals surface area (Å²) in [6.07, 6.45) is -10.1. The van der Waals surface area contributed by atoms with Crippen molar-refractivity contribution in [1.29, 1.82) is 5.26 Å². The van der Waals surface area contributed by atoms with Crippen LogP contribution in [0.1, 0.15) is 42.7 Å². The summed E-state index contributed by atoms with van der Waals surface area (Å²) in [6, 6.07) is 2.75. The Morgan fingerprint density at radius 1 is 1.15 bits per heavy atom. The summed E-state index contributed by atoms with van der Waals surface area (Å²) >= 11 is 1.10. The first-order valence-corrected chi connectivity index (χ1v) is 14.8. The molecule has 2 aromatic rings. The van der Waals surface area contributed by atoms with Gasteiger partial charge in [-0.15, -0.1) is 11.3 Å². The molecule has 0 unspecified atom stereocenters. The Balaban J connectivity index is 1.52. The second-order valence-electron chi connectivity index (χ2n) is 10.6. The van der Waals surface area contributed by atoms with Crippen molar-refractivity contribution in [3.05, 3.63) is 35.0 Å². The van der Waals surface area contributed by atoms with Crippen LogP contribution in [0.2, 0.25) is 0 Å². The number of alkyl halides is 6. The smallest absolute Gasteiger partial charge is 0.336 e. The molecule has 5 rings (SSSR count). The van der Waals surface area contributed by atoms with Gasteiger partial charge in [-0.1, -0.05) is 6.07 Å². The van der Waals surface area contributed by atoms with E-state index >= 15 is 0 Å². The van der Waals surface area contributed by atoms with Crippen molar-refractivity contribution < 1.29 is 44.3 Å². The number of aryl methyl sites for hydroxylation is 1. The molecule has 220 valence electrons. The van der Waals surface area contributed by atoms with E-state index in [9.17, 15) is 49.6 Å². The molecule has 3 fully saturated rings. The highest BCUT2D eigenvalue weighted by Crippen LogP contribution is 2.59. The highest BCUT2D eigenvalue weighted by molar-refractivity contribution is 7.92. The van der Waals surface area contributed by atoms with Gasteiger partial charge in [0.05, 0.1) is 31.7 Å². The Morgan fingerprint density at radius 2 is 1.80 bits per heavy atom. The zero-order chi connectivity index (χ0) is 30.2. The van der Waals surface area contributed by atoms with Crippen molar-refractivity contribution in [3.63, 3.8) is 0 Å². The van der Waals surface area contributed by atoms with Crippen LogP contribution in [0.4, 0.5) is 26.3 Å². The number of sulfone groups is 1. The summed E-state index contributed by atoms with van der Waals surface area (Å²) in [5, 5.41) is 10.5. The summed E-state index contributed by atoms with van der Waals surface area (Å²) < 4.78 is 111. The first-order valence-electron chi connectivity index (χ1n) is 12.4. The molecule has 16 heteroatoms. The highest BCUT2D eigenvalue weighted by Gasteiger charge is 2.70. The van der Waals surface area contributed by atoms with Gasteiger partial charge < -0.3 is 10.2 Å². The third kappa shape index (κ3) is 5.07. The van der Waals surface area contributed by atoms with Crippen molar-refractivity contribution in [2.45, 2.75) is 73.1 Å². The number of carbonyl (C=O) groups excluding carboxylic acids is 2. The van der Waals surface area contributed by atoms with Gasteiger partial charge in [-0.2, -0.15) is 31.6 Å². The predicted octanol–water partition coefficient (Wildman–Crippen LogP) is 4.40. The average Bonchev–Trinajstić information content (AvgIpc) is 3.77. The maximum Gasteiger partial charge on any atom is 0.417 e. The number of benzene rings is 1. The fraction of sp³-hybridized carbons (Fsp3) is 0.520. The summed E-state index contributed by atoms with van der Waals surface area (Å²) in [7, 11) is -4.93. The Labute approximate surface area is 234 Å². The van der Waals surface area contributed by atoms with Crippen LogP contribution in [0.15, 0.2) is 29.3 Å². The topological polar surface area (TPSA) is 120 Å². The number of amides is 2. The van der Waals surface area contributed by atoms with Gasteiger partial charge in [0.15, 0.2) is 9.84 Å². The average molecular weight is 621 g/mol. The SMILES string of the molecule is Cc1ncc(-c2ccc(S(=O)(=O)[C@@H]3C[C@@H](C(=O)NC4(C#N)CC4)N(C(=O)C4(C(F)(F)F)CC4)C3)c(C(F)(F)F)c2)s1. The molecule has 3 aliphatic rings. The van der Waals surface area contributed by atoms with E-state index in [1.54, 1.807) is 6.92 Å². The highest BCUT2D eigenvalue weighted by atomic mass is 32.2. The van der Waals surface area contributed by atoms with E-state index in [-0.39, 0.29) is 18.4 Å². The molecule has 1 N–H and O–H groups in total. The van der Waals surface area contributed by atoms with Crippen LogP contribution in [0.25, 0.3) is 10.4 Å². The van der Waals surface area contributed by atoms with Gasteiger partial charge in [-0.25, -0.2) is 13.4 Å². The molecule has 1 aromatic carbocycles. The second-order valence-corrected chi connectivity index (χ2v) is 14.0. The van der Waals surface area contributed by atoms with Gasteiger partial charge in [0, 0.05) is 12.7 Å². The van der Waals surface area contributed by atoms with Crippen molar-refractivity contribution in [3.8, 4) is 16.5 Å². The minimum atomic E-state index is -5.12. The number of nitrogens with zero attached hydrogens (tertiary/aromatic N) is 3. The molecule has 2 saturated carbocycles. The number of nitrogens with one attached hydrogen (secondary N) is 1. The Hall–Kier alpha value is -3.19. The fourth-order valence-corrected chi connectivity index (χ4v) is 7.71.